The van der Waals surface area contributed by atoms with Crippen molar-refractivity contribution in [2.45, 2.75) is 20.4 Å². The third-order valence-corrected chi connectivity index (χ3v) is 2.43. The Morgan fingerprint density at radius 3 is 2.73 bits per heavy atom. The summed E-state index contributed by atoms with van der Waals surface area (Å²) >= 11 is 0. The Balaban J connectivity index is 2.26. The summed E-state index contributed by atoms with van der Waals surface area (Å²) in [6.45, 7) is 4.42. The quantitative estimate of drug-likeness (QED) is 0.751. The monoisotopic (exact) mass is 205 g/mol. The smallest absolute Gasteiger partial charge is 0.123 e. The third kappa shape index (κ3) is 2.03. The first-order valence-electron chi connectivity index (χ1n) is 4.78. The Bertz CT molecular complexity index is 476. The van der Waals surface area contributed by atoms with Crippen LogP contribution in [0.4, 0.5) is 4.39 Å². The van der Waals surface area contributed by atoms with Crippen molar-refractivity contribution in [2.24, 2.45) is 0 Å². The van der Waals surface area contributed by atoms with Crippen LogP contribution >= 0.6 is 0 Å². The number of halogens is 1. The molecule has 0 unspecified atom stereocenters. The Kier molecular flexibility index (Phi) is 2.49. The molecule has 1 aromatic heterocycles. The molecule has 15 heavy (non-hydrogen) atoms. The van der Waals surface area contributed by atoms with Crippen LogP contribution in [0.25, 0.3) is 0 Å². The predicted molar refractivity (Wildman–Crippen MR) is 55.0 cm³/mol. The van der Waals surface area contributed by atoms with Gasteiger partial charge in [0.25, 0.3) is 0 Å². The van der Waals surface area contributed by atoms with Gasteiger partial charge in [-0.05, 0) is 31.5 Å². The number of aryl methyl sites for hydroxylation is 1. The molecular formula is C11H12FN3. The summed E-state index contributed by atoms with van der Waals surface area (Å²) in [5, 5.41) is 7.94. The van der Waals surface area contributed by atoms with Crippen LogP contribution in [0.5, 0.6) is 0 Å². The van der Waals surface area contributed by atoms with Gasteiger partial charge in [0.15, 0.2) is 0 Å². The highest BCUT2D eigenvalue weighted by Gasteiger charge is 2.04. The Labute approximate surface area is 87.5 Å². The zero-order valence-corrected chi connectivity index (χ0v) is 8.74. The van der Waals surface area contributed by atoms with Gasteiger partial charge in [-0.25, -0.2) is 9.07 Å². The molecule has 0 radical (unpaired) electrons. The minimum Gasteiger partial charge on any atom is -0.245 e. The average Bonchev–Trinajstić information content (AvgIpc) is 2.50. The average molecular weight is 205 g/mol. The standard InChI is InChI=1S/C11H12FN3/c1-8-9(2)15(14-13-8)7-10-4-3-5-11(12)6-10/h3-6H,7H2,1-2H3. The van der Waals surface area contributed by atoms with Crippen molar-refractivity contribution in [3.63, 3.8) is 0 Å². The zero-order valence-electron chi connectivity index (χ0n) is 8.74. The molecule has 0 N–H and O–H groups in total. The van der Waals surface area contributed by atoms with Crippen molar-refractivity contribution in [2.75, 3.05) is 0 Å². The van der Waals surface area contributed by atoms with E-state index in [-0.39, 0.29) is 5.82 Å². The molecule has 2 rings (SSSR count). The molecule has 0 amide bonds. The van der Waals surface area contributed by atoms with Crippen LogP contribution in [0, 0.1) is 19.7 Å². The molecule has 3 nitrogen and oxygen atoms in total. The van der Waals surface area contributed by atoms with Gasteiger partial charge in [-0.1, -0.05) is 17.3 Å². The minimum absolute atomic E-state index is 0.220. The van der Waals surface area contributed by atoms with Gasteiger partial charge in [0, 0.05) is 0 Å². The van der Waals surface area contributed by atoms with Crippen molar-refractivity contribution in [3.05, 3.63) is 47.0 Å². The second kappa shape index (κ2) is 3.81. The fraction of sp³-hybridized carbons (Fsp3) is 0.273. The molecule has 0 aliphatic carbocycles. The largest absolute Gasteiger partial charge is 0.245 e. The molecule has 0 aliphatic rings. The molecule has 0 spiro atoms. The number of rotatable bonds is 2. The Morgan fingerprint density at radius 1 is 1.33 bits per heavy atom. The third-order valence-electron chi connectivity index (χ3n) is 2.43. The molecule has 4 heteroatoms. The summed E-state index contributed by atoms with van der Waals surface area (Å²) in [5.41, 5.74) is 2.81. The molecular weight excluding hydrogens is 193 g/mol. The van der Waals surface area contributed by atoms with Gasteiger partial charge < -0.3 is 0 Å². The second-order valence-corrected chi connectivity index (χ2v) is 3.55. The van der Waals surface area contributed by atoms with Crippen LogP contribution in [-0.2, 0) is 6.54 Å². The molecule has 0 bridgehead atoms. The summed E-state index contributed by atoms with van der Waals surface area (Å²) in [6, 6.07) is 6.52. The number of hydrogen-bond donors (Lipinski definition) is 0. The first kappa shape index (κ1) is 9.83. The molecule has 0 saturated carbocycles. The van der Waals surface area contributed by atoms with E-state index in [0.717, 1.165) is 17.0 Å². The molecule has 1 heterocycles. The van der Waals surface area contributed by atoms with Gasteiger partial charge in [0.05, 0.1) is 17.9 Å². The summed E-state index contributed by atoms with van der Waals surface area (Å²) in [7, 11) is 0. The summed E-state index contributed by atoms with van der Waals surface area (Å²) in [4.78, 5) is 0. The molecule has 0 saturated heterocycles. The van der Waals surface area contributed by atoms with Crippen LogP contribution in [0.1, 0.15) is 17.0 Å². The molecule has 78 valence electrons. The summed E-state index contributed by atoms with van der Waals surface area (Å²) in [5.74, 6) is -0.220. The van der Waals surface area contributed by atoms with Crippen LogP contribution in [-0.4, -0.2) is 15.0 Å². The number of nitrogens with zero attached hydrogens (tertiary/aromatic N) is 3. The molecule has 1 aromatic carbocycles. The van der Waals surface area contributed by atoms with Crippen molar-refractivity contribution in [3.8, 4) is 0 Å². The van der Waals surface area contributed by atoms with Crippen LogP contribution in [0.3, 0.4) is 0 Å². The topological polar surface area (TPSA) is 30.7 Å². The van der Waals surface area contributed by atoms with Crippen LogP contribution in [0.2, 0.25) is 0 Å². The minimum atomic E-state index is -0.220. The molecule has 0 fully saturated rings. The number of benzene rings is 1. The lowest BCUT2D eigenvalue weighted by Gasteiger charge is -2.03. The van der Waals surface area contributed by atoms with E-state index in [9.17, 15) is 4.39 Å². The normalized spacial score (nSPS) is 10.6. The van der Waals surface area contributed by atoms with Crippen molar-refractivity contribution >= 4 is 0 Å². The first-order valence-corrected chi connectivity index (χ1v) is 4.78. The fourth-order valence-electron chi connectivity index (χ4n) is 1.41. The number of aromatic nitrogens is 3. The maximum atomic E-state index is 12.9. The zero-order chi connectivity index (χ0) is 10.8. The van der Waals surface area contributed by atoms with Crippen molar-refractivity contribution in [1.29, 1.82) is 0 Å². The van der Waals surface area contributed by atoms with Gasteiger partial charge in [-0.2, -0.15) is 0 Å². The molecule has 0 aliphatic heterocycles. The van der Waals surface area contributed by atoms with E-state index in [1.165, 1.54) is 12.1 Å². The van der Waals surface area contributed by atoms with Crippen LogP contribution < -0.4 is 0 Å². The van der Waals surface area contributed by atoms with E-state index < -0.39 is 0 Å². The Morgan fingerprint density at radius 2 is 2.13 bits per heavy atom. The molecule has 2 aromatic rings. The Hall–Kier alpha value is -1.71. The SMILES string of the molecule is Cc1nnn(Cc2cccc(F)c2)c1C. The van der Waals surface area contributed by atoms with E-state index in [1.807, 2.05) is 19.9 Å². The van der Waals surface area contributed by atoms with E-state index in [2.05, 4.69) is 10.3 Å². The summed E-state index contributed by atoms with van der Waals surface area (Å²) in [6.07, 6.45) is 0. The maximum Gasteiger partial charge on any atom is 0.123 e. The second-order valence-electron chi connectivity index (χ2n) is 3.55. The van der Waals surface area contributed by atoms with Gasteiger partial charge in [-0.3, -0.25) is 0 Å². The fourth-order valence-corrected chi connectivity index (χ4v) is 1.41. The highest BCUT2D eigenvalue weighted by molar-refractivity contribution is 5.17. The van der Waals surface area contributed by atoms with E-state index in [4.69, 9.17) is 0 Å². The predicted octanol–water partition coefficient (Wildman–Crippen LogP) is 2.08. The van der Waals surface area contributed by atoms with E-state index in [0.29, 0.717) is 6.54 Å². The van der Waals surface area contributed by atoms with E-state index >= 15 is 0 Å². The van der Waals surface area contributed by atoms with Crippen molar-refractivity contribution in [1.82, 2.24) is 15.0 Å². The maximum absolute atomic E-state index is 12.9. The highest BCUT2D eigenvalue weighted by atomic mass is 19.1. The lowest BCUT2D eigenvalue weighted by atomic mass is 10.2. The van der Waals surface area contributed by atoms with Gasteiger partial charge in [0.2, 0.25) is 0 Å². The van der Waals surface area contributed by atoms with Gasteiger partial charge in [0.1, 0.15) is 5.82 Å². The first-order chi connectivity index (χ1) is 7.16. The highest BCUT2D eigenvalue weighted by Crippen LogP contribution is 2.08. The van der Waals surface area contributed by atoms with Crippen LogP contribution in [0.15, 0.2) is 24.3 Å². The molecule has 0 atom stereocenters. The van der Waals surface area contributed by atoms with E-state index in [1.54, 1.807) is 10.7 Å². The lowest BCUT2D eigenvalue weighted by Crippen LogP contribution is -2.04. The van der Waals surface area contributed by atoms with Gasteiger partial charge >= 0.3 is 0 Å². The van der Waals surface area contributed by atoms with Crippen molar-refractivity contribution < 1.29 is 4.39 Å². The summed E-state index contributed by atoms with van der Waals surface area (Å²) < 4.78 is 14.7. The lowest BCUT2D eigenvalue weighted by molar-refractivity contribution is 0.609. The number of hydrogen-bond acceptors (Lipinski definition) is 2. The van der Waals surface area contributed by atoms with Gasteiger partial charge in [-0.15, -0.1) is 5.10 Å².